The molecule has 0 atom stereocenters. The number of nitrogens with zero attached hydrogens (tertiary/aromatic N) is 1. The van der Waals surface area contributed by atoms with E-state index in [4.69, 9.17) is 27.4 Å². The van der Waals surface area contributed by atoms with Gasteiger partial charge in [-0.3, -0.25) is 5.43 Å². The number of unbranched alkanes of at least 4 members (excludes halogenated alkanes) is 10. The van der Waals surface area contributed by atoms with Crippen molar-refractivity contribution in [3.05, 3.63) is 23.8 Å². The van der Waals surface area contributed by atoms with Crippen molar-refractivity contribution in [2.24, 2.45) is 10.8 Å². The summed E-state index contributed by atoms with van der Waals surface area (Å²) in [5.41, 5.74) is 8.88. The van der Waals surface area contributed by atoms with Crippen molar-refractivity contribution in [1.82, 2.24) is 5.43 Å². The standard InChI is InChI=1S/C24H41N3O2S/c1-3-5-7-9-11-13-17-28-22-16-15-21(20-26-27-24(25)30)19-23(22)29-18-14-12-10-8-6-4-2/h15-16,19-20H,3-14,17-18H2,1-2H3,(H3,25,27,30). The van der Waals surface area contributed by atoms with Gasteiger partial charge < -0.3 is 15.2 Å². The molecule has 1 aromatic carbocycles. The Balaban J connectivity index is 2.54. The van der Waals surface area contributed by atoms with E-state index in [2.05, 4.69) is 24.4 Å². The highest BCUT2D eigenvalue weighted by molar-refractivity contribution is 7.80. The predicted molar refractivity (Wildman–Crippen MR) is 132 cm³/mol. The Morgan fingerprint density at radius 3 is 1.97 bits per heavy atom. The molecule has 0 fully saturated rings. The van der Waals surface area contributed by atoms with Gasteiger partial charge in [0.25, 0.3) is 0 Å². The number of hydrazone groups is 1. The van der Waals surface area contributed by atoms with Crippen molar-refractivity contribution >= 4 is 23.5 Å². The van der Waals surface area contributed by atoms with Crippen molar-refractivity contribution in [3.8, 4) is 11.5 Å². The largest absolute Gasteiger partial charge is 0.490 e. The second-order valence-corrected chi connectivity index (χ2v) is 8.11. The summed E-state index contributed by atoms with van der Waals surface area (Å²) in [7, 11) is 0. The summed E-state index contributed by atoms with van der Waals surface area (Å²) < 4.78 is 12.1. The zero-order valence-corrected chi connectivity index (χ0v) is 19.8. The molecule has 0 aromatic heterocycles. The highest BCUT2D eigenvalue weighted by atomic mass is 32.1. The molecule has 30 heavy (non-hydrogen) atoms. The van der Waals surface area contributed by atoms with E-state index >= 15 is 0 Å². The number of nitrogens with one attached hydrogen (secondary N) is 1. The Labute approximate surface area is 188 Å². The monoisotopic (exact) mass is 435 g/mol. The third kappa shape index (κ3) is 13.4. The highest BCUT2D eigenvalue weighted by Gasteiger charge is 2.07. The van der Waals surface area contributed by atoms with Crippen molar-refractivity contribution < 1.29 is 9.47 Å². The van der Waals surface area contributed by atoms with Gasteiger partial charge in [-0.15, -0.1) is 0 Å². The molecule has 0 aliphatic rings. The average Bonchev–Trinajstić information content (AvgIpc) is 2.73. The lowest BCUT2D eigenvalue weighted by Crippen LogP contribution is -2.23. The summed E-state index contributed by atoms with van der Waals surface area (Å²) in [6, 6.07) is 5.87. The van der Waals surface area contributed by atoms with Crippen molar-refractivity contribution in [2.45, 2.75) is 90.9 Å². The van der Waals surface area contributed by atoms with Gasteiger partial charge in [-0.2, -0.15) is 5.10 Å². The molecule has 1 rings (SSSR count). The fourth-order valence-electron chi connectivity index (χ4n) is 3.14. The van der Waals surface area contributed by atoms with Gasteiger partial charge in [-0.25, -0.2) is 0 Å². The van der Waals surface area contributed by atoms with Crippen LogP contribution in [0.25, 0.3) is 0 Å². The van der Waals surface area contributed by atoms with Gasteiger partial charge in [0.2, 0.25) is 0 Å². The molecule has 0 saturated carbocycles. The zero-order chi connectivity index (χ0) is 21.9. The first-order chi connectivity index (χ1) is 14.7. The number of ether oxygens (including phenoxy) is 2. The molecule has 3 N–H and O–H groups in total. The molecule has 0 aliphatic heterocycles. The second kappa shape index (κ2) is 18.0. The molecule has 0 spiro atoms. The third-order valence-corrected chi connectivity index (χ3v) is 4.96. The van der Waals surface area contributed by atoms with E-state index in [0.29, 0.717) is 6.61 Å². The first-order valence-corrected chi connectivity index (χ1v) is 12.1. The fraction of sp³-hybridized carbons (Fsp3) is 0.667. The summed E-state index contributed by atoms with van der Waals surface area (Å²) >= 11 is 4.77. The molecule has 0 aliphatic carbocycles. The summed E-state index contributed by atoms with van der Waals surface area (Å²) in [4.78, 5) is 0. The molecule has 0 radical (unpaired) electrons. The van der Waals surface area contributed by atoms with Gasteiger partial charge in [0, 0.05) is 0 Å². The van der Waals surface area contributed by atoms with Crippen LogP contribution in [0.15, 0.2) is 23.3 Å². The number of benzene rings is 1. The summed E-state index contributed by atoms with van der Waals surface area (Å²) in [6.45, 7) is 5.90. The topological polar surface area (TPSA) is 68.9 Å². The Hall–Kier alpha value is -1.82. The Morgan fingerprint density at radius 2 is 1.40 bits per heavy atom. The third-order valence-electron chi connectivity index (χ3n) is 4.87. The minimum Gasteiger partial charge on any atom is -0.490 e. The zero-order valence-electron chi connectivity index (χ0n) is 19.0. The van der Waals surface area contributed by atoms with Crippen LogP contribution >= 0.6 is 12.2 Å². The molecule has 5 nitrogen and oxygen atoms in total. The first-order valence-electron chi connectivity index (χ1n) is 11.7. The maximum absolute atomic E-state index is 6.06. The molecule has 0 bridgehead atoms. The van der Waals surface area contributed by atoms with Crippen molar-refractivity contribution in [3.63, 3.8) is 0 Å². The maximum Gasteiger partial charge on any atom is 0.184 e. The van der Waals surface area contributed by atoms with Crippen LogP contribution in [0.3, 0.4) is 0 Å². The van der Waals surface area contributed by atoms with E-state index in [1.54, 1.807) is 6.21 Å². The number of hydrogen-bond donors (Lipinski definition) is 2. The SMILES string of the molecule is CCCCCCCCOc1ccc(C=NNC(N)=S)cc1OCCCCCCCC. The van der Waals surface area contributed by atoms with Gasteiger partial charge in [0.15, 0.2) is 16.6 Å². The maximum atomic E-state index is 6.06. The predicted octanol–water partition coefficient (Wildman–Crippen LogP) is 6.33. The van der Waals surface area contributed by atoms with Crippen LogP contribution in [0, 0.1) is 0 Å². The van der Waals surface area contributed by atoms with Crippen LogP contribution < -0.4 is 20.6 Å². The number of thiocarbonyl (C=S) groups is 1. The molecule has 0 amide bonds. The smallest absolute Gasteiger partial charge is 0.184 e. The normalized spacial score (nSPS) is 11.0. The lowest BCUT2D eigenvalue weighted by Gasteiger charge is -2.14. The highest BCUT2D eigenvalue weighted by Crippen LogP contribution is 2.28. The lowest BCUT2D eigenvalue weighted by atomic mass is 10.1. The Kier molecular flexibility index (Phi) is 15.7. The molecular formula is C24H41N3O2S. The molecule has 170 valence electrons. The summed E-state index contributed by atoms with van der Waals surface area (Å²) in [5.74, 6) is 1.57. The number of hydrogen-bond acceptors (Lipinski definition) is 4. The average molecular weight is 436 g/mol. The molecule has 0 saturated heterocycles. The minimum absolute atomic E-state index is 0.143. The van der Waals surface area contributed by atoms with Crippen LogP contribution in [-0.4, -0.2) is 24.5 Å². The van der Waals surface area contributed by atoms with E-state index in [-0.39, 0.29) is 5.11 Å². The van der Waals surface area contributed by atoms with E-state index in [1.165, 1.54) is 64.2 Å². The van der Waals surface area contributed by atoms with Crippen LogP contribution in [0.5, 0.6) is 11.5 Å². The van der Waals surface area contributed by atoms with Crippen LogP contribution in [0.2, 0.25) is 0 Å². The fourth-order valence-corrected chi connectivity index (χ4v) is 3.19. The first kappa shape index (κ1) is 26.2. The van der Waals surface area contributed by atoms with Crippen molar-refractivity contribution in [2.75, 3.05) is 13.2 Å². The van der Waals surface area contributed by atoms with Crippen LogP contribution in [0.4, 0.5) is 0 Å². The van der Waals surface area contributed by atoms with Crippen LogP contribution in [-0.2, 0) is 0 Å². The van der Waals surface area contributed by atoms with Gasteiger partial charge in [0.05, 0.1) is 19.4 Å². The quantitative estimate of drug-likeness (QED) is 0.122. The van der Waals surface area contributed by atoms with Crippen LogP contribution in [0.1, 0.15) is 96.5 Å². The van der Waals surface area contributed by atoms with E-state index in [0.717, 1.165) is 36.5 Å². The Bertz CT molecular complexity index is 608. The van der Waals surface area contributed by atoms with E-state index in [9.17, 15) is 0 Å². The van der Waals surface area contributed by atoms with E-state index < -0.39 is 0 Å². The summed E-state index contributed by atoms with van der Waals surface area (Å²) in [5, 5.41) is 4.17. The molecule has 0 unspecified atom stereocenters. The second-order valence-electron chi connectivity index (χ2n) is 7.67. The van der Waals surface area contributed by atoms with E-state index in [1.807, 2.05) is 18.2 Å². The van der Waals surface area contributed by atoms with Gasteiger partial charge in [-0.1, -0.05) is 78.1 Å². The van der Waals surface area contributed by atoms with Gasteiger partial charge >= 0.3 is 0 Å². The Morgan fingerprint density at radius 1 is 0.867 bits per heavy atom. The van der Waals surface area contributed by atoms with Crippen molar-refractivity contribution in [1.29, 1.82) is 0 Å². The summed E-state index contributed by atoms with van der Waals surface area (Å²) in [6.07, 6.45) is 16.6. The number of nitrogens with two attached hydrogens (primary N) is 1. The molecule has 0 heterocycles. The van der Waals surface area contributed by atoms with Gasteiger partial charge in [0.1, 0.15) is 0 Å². The number of rotatable bonds is 18. The lowest BCUT2D eigenvalue weighted by molar-refractivity contribution is 0.258. The molecule has 6 heteroatoms. The minimum atomic E-state index is 0.143. The molecular weight excluding hydrogens is 394 g/mol. The molecule has 1 aromatic rings. The van der Waals surface area contributed by atoms with Gasteiger partial charge in [-0.05, 0) is 48.8 Å².